The highest BCUT2D eigenvalue weighted by molar-refractivity contribution is 5.86. The summed E-state index contributed by atoms with van der Waals surface area (Å²) in [6.45, 7) is 3.66. The number of hydrogen-bond acceptors (Lipinski definition) is 3. The maximum atomic E-state index is 11.8. The quantitative estimate of drug-likeness (QED) is 0.936. The Morgan fingerprint density at radius 2 is 1.76 bits per heavy atom. The molecule has 1 N–H and O–H groups in total. The first-order valence-corrected chi connectivity index (χ1v) is 6.88. The van der Waals surface area contributed by atoms with E-state index in [0.29, 0.717) is 11.4 Å². The fourth-order valence-corrected chi connectivity index (χ4v) is 2.27. The van der Waals surface area contributed by atoms with Gasteiger partial charge in [0.25, 0.3) is 0 Å². The van der Waals surface area contributed by atoms with E-state index in [4.69, 9.17) is 9.47 Å². The lowest BCUT2D eigenvalue weighted by Gasteiger charge is -2.38. The van der Waals surface area contributed by atoms with Gasteiger partial charge in [-0.25, -0.2) is 4.79 Å². The normalized spacial score (nSPS) is 15.9. The van der Waals surface area contributed by atoms with Gasteiger partial charge in [-0.15, -0.1) is 0 Å². The summed E-state index contributed by atoms with van der Waals surface area (Å²) >= 11 is 0. The Kier molecular flexibility index (Phi) is 3.62. The third-order valence-electron chi connectivity index (χ3n) is 3.62. The van der Waals surface area contributed by atoms with Crippen molar-refractivity contribution < 1.29 is 14.3 Å². The molecule has 0 saturated carbocycles. The Hall–Kier alpha value is -2.33. The molecule has 1 fully saturated rings. The van der Waals surface area contributed by atoms with Gasteiger partial charge in [-0.1, -0.05) is 37.3 Å². The fraction of sp³-hybridized carbons (Fsp3) is 0.235. The number of para-hydroxylation sites is 1. The second-order valence-electron chi connectivity index (χ2n) is 5.46. The Morgan fingerprint density at radius 3 is 2.33 bits per heavy atom. The summed E-state index contributed by atoms with van der Waals surface area (Å²) < 4.78 is 10.4. The second kappa shape index (κ2) is 5.58. The lowest BCUT2D eigenvalue weighted by atomic mass is 9.81. The molecule has 4 heteroatoms. The maximum Gasteiger partial charge on any atom is 0.417 e. The molecule has 0 atom stereocenters. The van der Waals surface area contributed by atoms with E-state index in [2.05, 4.69) is 12.2 Å². The smallest absolute Gasteiger partial charge is 0.410 e. The molecule has 2 aromatic rings. The van der Waals surface area contributed by atoms with E-state index in [1.54, 1.807) is 12.1 Å². The molecule has 1 aliphatic rings. The van der Waals surface area contributed by atoms with Crippen LogP contribution in [0.5, 0.6) is 5.75 Å². The molecule has 4 nitrogen and oxygen atoms in total. The highest BCUT2D eigenvalue weighted by Crippen LogP contribution is 2.32. The molecule has 1 heterocycles. The number of anilines is 1. The van der Waals surface area contributed by atoms with Crippen molar-refractivity contribution in [1.29, 1.82) is 0 Å². The molecule has 0 spiro atoms. The lowest BCUT2D eigenvalue weighted by molar-refractivity contribution is -0.0499. The zero-order chi connectivity index (χ0) is 14.7. The van der Waals surface area contributed by atoms with Crippen LogP contribution in [0, 0.1) is 0 Å². The minimum atomic E-state index is -0.493. The summed E-state index contributed by atoms with van der Waals surface area (Å²) in [7, 11) is 0. The zero-order valence-corrected chi connectivity index (χ0v) is 11.8. The molecular formula is C17H17NO3. The maximum absolute atomic E-state index is 11.8. The molecule has 2 aromatic carbocycles. The Bertz CT molecular complexity index is 618. The fourth-order valence-electron chi connectivity index (χ4n) is 2.27. The van der Waals surface area contributed by atoms with Crippen LogP contribution < -0.4 is 10.1 Å². The predicted octanol–water partition coefficient (Wildman–Crippen LogP) is 3.59. The largest absolute Gasteiger partial charge is 0.417 e. The summed E-state index contributed by atoms with van der Waals surface area (Å²) in [5.41, 5.74) is 2.03. The third kappa shape index (κ3) is 3.06. The summed E-state index contributed by atoms with van der Waals surface area (Å²) in [5, 5.41) is 2.71. The highest BCUT2D eigenvalue weighted by Gasteiger charge is 2.34. The monoisotopic (exact) mass is 283 g/mol. The van der Waals surface area contributed by atoms with E-state index in [0.717, 1.165) is 13.2 Å². The Morgan fingerprint density at radius 1 is 1.10 bits per heavy atom. The first-order chi connectivity index (χ1) is 10.2. The molecule has 1 aliphatic heterocycles. The van der Waals surface area contributed by atoms with Crippen LogP contribution in [-0.2, 0) is 10.2 Å². The molecule has 0 aromatic heterocycles. The number of carbonyl (C=O) groups is 1. The van der Waals surface area contributed by atoms with Crippen LogP contribution >= 0.6 is 0 Å². The van der Waals surface area contributed by atoms with Gasteiger partial charge < -0.3 is 9.47 Å². The Balaban J connectivity index is 1.61. The number of benzene rings is 2. The first-order valence-electron chi connectivity index (χ1n) is 6.88. The van der Waals surface area contributed by atoms with Crippen molar-refractivity contribution in [1.82, 2.24) is 0 Å². The standard InChI is InChI=1S/C17H17NO3/c1-17(11-20-12-17)13-7-9-14(10-8-13)18-16(19)21-15-5-3-2-4-6-15/h2-10H,11-12H2,1H3,(H,18,19). The van der Waals surface area contributed by atoms with E-state index in [1.165, 1.54) is 5.56 Å². The minimum Gasteiger partial charge on any atom is -0.410 e. The van der Waals surface area contributed by atoms with Gasteiger partial charge in [-0.2, -0.15) is 0 Å². The third-order valence-corrected chi connectivity index (χ3v) is 3.62. The lowest BCUT2D eigenvalue weighted by Crippen LogP contribution is -2.43. The van der Waals surface area contributed by atoms with Crippen LogP contribution in [0.3, 0.4) is 0 Å². The van der Waals surface area contributed by atoms with Crippen LogP contribution in [0.1, 0.15) is 12.5 Å². The number of rotatable bonds is 3. The van der Waals surface area contributed by atoms with Gasteiger partial charge >= 0.3 is 6.09 Å². The van der Waals surface area contributed by atoms with Crippen LogP contribution in [-0.4, -0.2) is 19.3 Å². The van der Waals surface area contributed by atoms with Crippen molar-refractivity contribution in [2.75, 3.05) is 18.5 Å². The molecular weight excluding hydrogens is 266 g/mol. The molecule has 3 rings (SSSR count). The zero-order valence-electron chi connectivity index (χ0n) is 11.8. The number of ether oxygens (including phenoxy) is 2. The van der Waals surface area contributed by atoms with E-state index >= 15 is 0 Å². The van der Waals surface area contributed by atoms with Crippen LogP contribution in [0.2, 0.25) is 0 Å². The van der Waals surface area contributed by atoms with Crippen molar-refractivity contribution in [3.8, 4) is 5.75 Å². The molecule has 0 aliphatic carbocycles. The summed E-state index contributed by atoms with van der Waals surface area (Å²) in [4.78, 5) is 11.8. The van der Waals surface area contributed by atoms with Gasteiger partial charge in [0.05, 0.1) is 13.2 Å². The van der Waals surface area contributed by atoms with Crippen molar-refractivity contribution >= 4 is 11.8 Å². The van der Waals surface area contributed by atoms with Crippen LogP contribution in [0.25, 0.3) is 0 Å². The molecule has 0 unspecified atom stereocenters. The highest BCUT2D eigenvalue weighted by atomic mass is 16.6. The average molecular weight is 283 g/mol. The molecule has 0 radical (unpaired) electrons. The molecule has 108 valence electrons. The van der Waals surface area contributed by atoms with Crippen molar-refractivity contribution in [2.24, 2.45) is 0 Å². The SMILES string of the molecule is CC1(c2ccc(NC(=O)Oc3ccccc3)cc2)COC1. The van der Waals surface area contributed by atoms with Crippen molar-refractivity contribution in [2.45, 2.75) is 12.3 Å². The van der Waals surface area contributed by atoms with Gasteiger partial charge in [-0.05, 0) is 29.8 Å². The summed E-state index contributed by atoms with van der Waals surface area (Å²) in [6.07, 6.45) is -0.493. The molecule has 1 amide bonds. The van der Waals surface area contributed by atoms with Gasteiger partial charge in [0.15, 0.2) is 0 Å². The molecule has 21 heavy (non-hydrogen) atoms. The topological polar surface area (TPSA) is 47.6 Å². The number of nitrogens with one attached hydrogen (secondary N) is 1. The second-order valence-corrected chi connectivity index (χ2v) is 5.46. The summed E-state index contributed by atoms with van der Waals surface area (Å²) in [5.74, 6) is 0.519. The number of hydrogen-bond donors (Lipinski definition) is 1. The van der Waals surface area contributed by atoms with Crippen molar-refractivity contribution in [3.05, 3.63) is 60.2 Å². The number of carbonyl (C=O) groups excluding carboxylic acids is 1. The van der Waals surface area contributed by atoms with Gasteiger partial charge in [0, 0.05) is 11.1 Å². The first kappa shape index (κ1) is 13.6. The van der Waals surface area contributed by atoms with E-state index in [9.17, 15) is 4.79 Å². The van der Waals surface area contributed by atoms with Gasteiger partial charge in [-0.3, -0.25) is 5.32 Å². The van der Waals surface area contributed by atoms with E-state index in [-0.39, 0.29) is 5.41 Å². The van der Waals surface area contributed by atoms with Crippen LogP contribution in [0.15, 0.2) is 54.6 Å². The van der Waals surface area contributed by atoms with E-state index < -0.39 is 6.09 Å². The van der Waals surface area contributed by atoms with Crippen LogP contribution in [0.4, 0.5) is 10.5 Å². The predicted molar refractivity (Wildman–Crippen MR) is 80.7 cm³/mol. The minimum absolute atomic E-state index is 0.100. The summed E-state index contributed by atoms with van der Waals surface area (Å²) in [6, 6.07) is 16.8. The number of amides is 1. The van der Waals surface area contributed by atoms with Crippen molar-refractivity contribution in [3.63, 3.8) is 0 Å². The Labute approximate surface area is 123 Å². The van der Waals surface area contributed by atoms with E-state index in [1.807, 2.05) is 42.5 Å². The average Bonchev–Trinajstić information content (AvgIpc) is 2.46. The van der Waals surface area contributed by atoms with Gasteiger partial charge in [0.1, 0.15) is 5.75 Å². The molecule has 1 saturated heterocycles. The molecule has 0 bridgehead atoms. The van der Waals surface area contributed by atoms with Gasteiger partial charge in [0.2, 0.25) is 0 Å².